The van der Waals surface area contributed by atoms with Crippen molar-refractivity contribution in [1.29, 1.82) is 0 Å². The Labute approximate surface area is 118 Å². The Morgan fingerprint density at radius 3 is 2.85 bits per heavy atom. The van der Waals surface area contributed by atoms with Crippen molar-refractivity contribution in [3.8, 4) is 5.75 Å². The van der Waals surface area contributed by atoms with Crippen molar-refractivity contribution in [2.24, 2.45) is 0 Å². The Balaban J connectivity index is 2.04. The molecule has 0 amide bonds. The monoisotopic (exact) mass is 274 g/mol. The topological polar surface area (TPSA) is 65.2 Å². The first-order valence-electron chi connectivity index (χ1n) is 6.81. The van der Waals surface area contributed by atoms with Gasteiger partial charge in [0.2, 0.25) is 11.7 Å². The van der Waals surface area contributed by atoms with E-state index in [1.54, 1.807) is 12.1 Å². The van der Waals surface area contributed by atoms with E-state index in [9.17, 15) is 4.79 Å². The van der Waals surface area contributed by atoms with Crippen LogP contribution < -0.4 is 4.74 Å². The first-order valence-corrected chi connectivity index (χ1v) is 6.81. The van der Waals surface area contributed by atoms with Crippen molar-refractivity contribution in [3.63, 3.8) is 0 Å². The fraction of sp³-hybridized carbons (Fsp3) is 0.400. The van der Waals surface area contributed by atoms with Crippen LogP contribution in [0.3, 0.4) is 0 Å². The number of aryl methyl sites for hydroxylation is 1. The average Bonchev–Trinajstić information content (AvgIpc) is 2.93. The van der Waals surface area contributed by atoms with Gasteiger partial charge in [-0.05, 0) is 18.6 Å². The second-order valence-electron chi connectivity index (χ2n) is 4.42. The summed E-state index contributed by atoms with van der Waals surface area (Å²) in [6.45, 7) is 4.07. The number of Topliss-reactive ketones (excluding diaryl/α,β-unsaturated/α-hetero) is 1. The number of para-hydroxylation sites is 1. The molecule has 1 aromatic carbocycles. The Kier molecular flexibility index (Phi) is 4.87. The lowest BCUT2D eigenvalue weighted by Gasteiger charge is -2.08. The molecule has 0 radical (unpaired) electrons. The molecule has 0 fully saturated rings. The summed E-state index contributed by atoms with van der Waals surface area (Å²) in [5.74, 6) is 1.72. The van der Waals surface area contributed by atoms with Crippen LogP contribution in [0.15, 0.2) is 28.8 Å². The van der Waals surface area contributed by atoms with Gasteiger partial charge in [0.25, 0.3) is 0 Å². The van der Waals surface area contributed by atoms with Crippen molar-refractivity contribution in [2.45, 2.75) is 39.7 Å². The molecule has 1 aromatic heterocycles. The van der Waals surface area contributed by atoms with E-state index < -0.39 is 0 Å². The third kappa shape index (κ3) is 3.44. The zero-order chi connectivity index (χ0) is 14.4. The summed E-state index contributed by atoms with van der Waals surface area (Å²) in [4.78, 5) is 16.0. The second-order valence-corrected chi connectivity index (χ2v) is 4.42. The van der Waals surface area contributed by atoms with E-state index in [2.05, 4.69) is 10.1 Å². The fourth-order valence-corrected chi connectivity index (χ4v) is 1.82. The number of benzene rings is 1. The molecule has 0 atom stereocenters. The van der Waals surface area contributed by atoms with E-state index in [0.717, 1.165) is 12.8 Å². The van der Waals surface area contributed by atoms with Gasteiger partial charge in [-0.3, -0.25) is 4.79 Å². The third-order valence-electron chi connectivity index (χ3n) is 2.84. The lowest BCUT2D eigenvalue weighted by molar-refractivity contribution is 0.0983. The number of nitrogens with zero attached hydrogens (tertiary/aromatic N) is 2. The minimum atomic E-state index is 0.0559. The Bertz CT molecular complexity index is 578. The Morgan fingerprint density at radius 1 is 1.30 bits per heavy atom. The van der Waals surface area contributed by atoms with E-state index in [1.807, 2.05) is 26.0 Å². The molecule has 0 bridgehead atoms. The third-order valence-corrected chi connectivity index (χ3v) is 2.84. The van der Waals surface area contributed by atoms with Crippen LogP contribution in [0, 0.1) is 0 Å². The quantitative estimate of drug-likeness (QED) is 0.725. The van der Waals surface area contributed by atoms with Crippen LogP contribution in [-0.4, -0.2) is 15.9 Å². The highest BCUT2D eigenvalue weighted by Gasteiger charge is 2.12. The molecule has 106 valence electrons. The van der Waals surface area contributed by atoms with Crippen LogP contribution in [0.4, 0.5) is 0 Å². The molecule has 0 saturated carbocycles. The summed E-state index contributed by atoms with van der Waals surface area (Å²) in [6.07, 6.45) is 2.16. The summed E-state index contributed by atoms with van der Waals surface area (Å²) < 4.78 is 10.7. The lowest BCUT2D eigenvalue weighted by atomic mass is 10.1. The van der Waals surface area contributed by atoms with Crippen LogP contribution in [-0.2, 0) is 13.0 Å². The number of rotatable bonds is 7. The zero-order valence-corrected chi connectivity index (χ0v) is 11.8. The number of ether oxygens (including phenoxy) is 1. The van der Waals surface area contributed by atoms with Crippen LogP contribution in [0.5, 0.6) is 5.75 Å². The SMILES string of the molecule is CCCc1nc(COc2ccccc2C(=O)CC)no1. The van der Waals surface area contributed by atoms with Gasteiger partial charge in [-0.1, -0.05) is 31.1 Å². The van der Waals surface area contributed by atoms with Gasteiger partial charge in [0, 0.05) is 12.8 Å². The van der Waals surface area contributed by atoms with Crippen LogP contribution in [0.2, 0.25) is 0 Å². The van der Waals surface area contributed by atoms with Gasteiger partial charge in [-0.25, -0.2) is 0 Å². The molecule has 20 heavy (non-hydrogen) atoms. The summed E-state index contributed by atoms with van der Waals surface area (Å²) >= 11 is 0. The number of carbonyl (C=O) groups is 1. The molecule has 0 spiro atoms. The van der Waals surface area contributed by atoms with E-state index in [4.69, 9.17) is 9.26 Å². The molecule has 0 aliphatic carbocycles. The summed E-state index contributed by atoms with van der Waals surface area (Å²) in [5, 5.41) is 3.85. The molecule has 5 nitrogen and oxygen atoms in total. The second kappa shape index (κ2) is 6.84. The summed E-state index contributed by atoms with van der Waals surface area (Å²) in [6, 6.07) is 7.19. The molecule has 2 aromatic rings. The molecule has 0 N–H and O–H groups in total. The standard InChI is InChI=1S/C15H18N2O3/c1-3-7-15-16-14(17-20-15)10-19-13-9-6-5-8-11(13)12(18)4-2/h5-6,8-9H,3-4,7,10H2,1-2H3. The normalized spacial score (nSPS) is 10.5. The van der Waals surface area contributed by atoms with Gasteiger partial charge >= 0.3 is 0 Å². The number of ketones is 1. The average molecular weight is 274 g/mol. The van der Waals surface area contributed by atoms with Crippen molar-refractivity contribution in [3.05, 3.63) is 41.5 Å². The van der Waals surface area contributed by atoms with Crippen LogP contribution >= 0.6 is 0 Å². The number of hydrogen-bond acceptors (Lipinski definition) is 5. The summed E-state index contributed by atoms with van der Waals surface area (Å²) in [5.41, 5.74) is 0.590. The molecule has 0 aliphatic rings. The Hall–Kier alpha value is -2.17. The van der Waals surface area contributed by atoms with Gasteiger partial charge < -0.3 is 9.26 Å². The van der Waals surface area contributed by atoms with Gasteiger partial charge in [0.15, 0.2) is 12.4 Å². The largest absolute Gasteiger partial charge is 0.485 e. The molecular formula is C15H18N2O3. The van der Waals surface area contributed by atoms with Crippen molar-refractivity contribution >= 4 is 5.78 Å². The maximum Gasteiger partial charge on any atom is 0.226 e. The van der Waals surface area contributed by atoms with Gasteiger partial charge in [0.05, 0.1) is 5.56 Å². The fourth-order valence-electron chi connectivity index (χ4n) is 1.82. The lowest BCUT2D eigenvalue weighted by Crippen LogP contribution is -2.04. The molecule has 0 unspecified atom stereocenters. The number of aromatic nitrogens is 2. The highest BCUT2D eigenvalue weighted by atomic mass is 16.5. The van der Waals surface area contributed by atoms with E-state index in [-0.39, 0.29) is 12.4 Å². The van der Waals surface area contributed by atoms with E-state index in [1.165, 1.54) is 0 Å². The number of hydrogen-bond donors (Lipinski definition) is 0. The molecule has 2 rings (SSSR count). The maximum atomic E-state index is 11.8. The van der Waals surface area contributed by atoms with Crippen molar-refractivity contribution < 1.29 is 14.1 Å². The minimum absolute atomic E-state index is 0.0559. The predicted molar refractivity (Wildman–Crippen MR) is 73.7 cm³/mol. The highest BCUT2D eigenvalue weighted by Crippen LogP contribution is 2.20. The Morgan fingerprint density at radius 2 is 2.10 bits per heavy atom. The molecule has 5 heteroatoms. The number of carbonyl (C=O) groups excluding carboxylic acids is 1. The zero-order valence-electron chi connectivity index (χ0n) is 11.8. The van der Waals surface area contributed by atoms with Gasteiger partial charge in [0.1, 0.15) is 5.75 Å². The minimum Gasteiger partial charge on any atom is -0.485 e. The first-order chi connectivity index (χ1) is 9.74. The van der Waals surface area contributed by atoms with E-state index >= 15 is 0 Å². The molecule has 0 aliphatic heterocycles. The molecular weight excluding hydrogens is 256 g/mol. The highest BCUT2D eigenvalue weighted by molar-refractivity contribution is 5.98. The van der Waals surface area contributed by atoms with Gasteiger partial charge in [-0.2, -0.15) is 4.98 Å². The maximum absolute atomic E-state index is 11.8. The van der Waals surface area contributed by atoms with Crippen LogP contribution in [0.25, 0.3) is 0 Å². The first kappa shape index (κ1) is 14.2. The smallest absolute Gasteiger partial charge is 0.226 e. The van der Waals surface area contributed by atoms with E-state index in [0.29, 0.717) is 29.4 Å². The summed E-state index contributed by atoms with van der Waals surface area (Å²) in [7, 11) is 0. The molecule has 0 saturated heterocycles. The van der Waals surface area contributed by atoms with Crippen LogP contribution in [0.1, 0.15) is 48.8 Å². The van der Waals surface area contributed by atoms with Gasteiger partial charge in [-0.15, -0.1) is 0 Å². The molecule has 1 heterocycles. The van der Waals surface area contributed by atoms with Crippen molar-refractivity contribution in [2.75, 3.05) is 0 Å². The van der Waals surface area contributed by atoms with Crippen molar-refractivity contribution in [1.82, 2.24) is 10.1 Å². The predicted octanol–water partition coefficient (Wildman–Crippen LogP) is 3.19.